The van der Waals surface area contributed by atoms with Gasteiger partial charge >= 0.3 is 0 Å². The van der Waals surface area contributed by atoms with Gasteiger partial charge in [-0.25, -0.2) is 4.98 Å². The predicted octanol–water partition coefficient (Wildman–Crippen LogP) is 5.50. The first-order chi connectivity index (χ1) is 12.6. The van der Waals surface area contributed by atoms with Gasteiger partial charge in [-0.15, -0.1) is 0 Å². The van der Waals surface area contributed by atoms with Crippen molar-refractivity contribution in [3.63, 3.8) is 0 Å². The SMILES string of the molecule is Cc1ccc2nc(C(C)C3CCC4(CC3)COc3ccccc34)[nH]c2c1. The van der Waals surface area contributed by atoms with Gasteiger partial charge in [0.25, 0.3) is 0 Å². The molecular weight excluding hydrogens is 320 g/mol. The number of imidazole rings is 1. The molecule has 1 aromatic heterocycles. The van der Waals surface area contributed by atoms with Crippen LogP contribution in [0.1, 0.15) is 55.5 Å². The number of nitrogens with zero attached hydrogens (tertiary/aromatic N) is 1. The zero-order chi connectivity index (χ0) is 17.7. The number of aromatic amines is 1. The highest BCUT2D eigenvalue weighted by Gasteiger charge is 2.44. The van der Waals surface area contributed by atoms with Crippen molar-refractivity contribution in [3.8, 4) is 5.75 Å². The second kappa shape index (κ2) is 5.87. The van der Waals surface area contributed by atoms with E-state index in [-0.39, 0.29) is 5.41 Å². The third kappa shape index (κ3) is 2.45. The highest BCUT2D eigenvalue weighted by molar-refractivity contribution is 5.75. The first-order valence-corrected chi connectivity index (χ1v) is 9.83. The molecule has 1 unspecified atom stereocenters. The Kier molecular flexibility index (Phi) is 3.59. The lowest BCUT2D eigenvalue weighted by atomic mass is 9.65. The Morgan fingerprint density at radius 1 is 1.15 bits per heavy atom. The number of nitrogens with one attached hydrogen (secondary N) is 1. The van der Waals surface area contributed by atoms with Crippen molar-refractivity contribution in [2.75, 3.05) is 6.61 Å². The third-order valence-corrected chi connectivity index (χ3v) is 6.74. The summed E-state index contributed by atoms with van der Waals surface area (Å²) in [5.74, 6) is 3.41. The number of hydrogen-bond acceptors (Lipinski definition) is 2. The number of para-hydroxylation sites is 1. The fourth-order valence-corrected chi connectivity index (χ4v) is 5.01. The summed E-state index contributed by atoms with van der Waals surface area (Å²) in [4.78, 5) is 8.45. The number of aromatic nitrogens is 2. The third-order valence-electron chi connectivity index (χ3n) is 6.74. The summed E-state index contributed by atoms with van der Waals surface area (Å²) in [6.45, 7) is 5.33. The minimum Gasteiger partial charge on any atom is -0.492 e. The highest BCUT2D eigenvalue weighted by atomic mass is 16.5. The van der Waals surface area contributed by atoms with Gasteiger partial charge in [0.05, 0.1) is 17.6 Å². The molecule has 5 rings (SSSR count). The molecule has 1 saturated carbocycles. The van der Waals surface area contributed by atoms with Crippen LogP contribution in [-0.4, -0.2) is 16.6 Å². The summed E-state index contributed by atoms with van der Waals surface area (Å²) < 4.78 is 6.00. The van der Waals surface area contributed by atoms with Crippen LogP contribution in [0.5, 0.6) is 5.75 Å². The summed E-state index contributed by atoms with van der Waals surface area (Å²) in [6.07, 6.45) is 4.93. The van der Waals surface area contributed by atoms with E-state index in [1.807, 2.05) is 0 Å². The monoisotopic (exact) mass is 346 g/mol. The first kappa shape index (κ1) is 15.9. The van der Waals surface area contributed by atoms with E-state index in [0.29, 0.717) is 11.8 Å². The van der Waals surface area contributed by atoms with Crippen molar-refractivity contribution in [1.29, 1.82) is 0 Å². The van der Waals surface area contributed by atoms with Gasteiger partial charge < -0.3 is 9.72 Å². The molecule has 1 N–H and O–H groups in total. The maximum Gasteiger partial charge on any atom is 0.123 e. The van der Waals surface area contributed by atoms with Crippen molar-refractivity contribution < 1.29 is 4.74 Å². The molecule has 2 heterocycles. The quantitative estimate of drug-likeness (QED) is 0.666. The lowest BCUT2D eigenvalue weighted by Gasteiger charge is -2.38. The highest BCUT2D eigenvalue weighted by Crippen LogP contribution is 2.50. The lowest BCUT2D eigenvalue weighted by molar-refractivity contribution is 0.169. The number of H-pyrrole nitrogens is 1. The van der Waals surface area contributed by atoms with Crippen LogP contribution >= 0.6 is 0 Å². The Morgan fingerprint density at radius 2 is 1.96 bits per heavy atom. The Bertz CT molecular complexity index is 950. The van der Waals surface area contributed by atoms with E-state index in [1.54, 1.807) is 0 Å². The van der Waals surface area contributed by atoms with E-state index in [9.17, 15) is 0 Å². The molecule has 1 aliphatic heterocycles. The van der Waals surface area contributed by atoms with Crippen LogP contribution in [0, 0.1) is 12.8 Å². The van der Waals surface area contributed by atoms with Crippen LogP contribution in [0.15, 0.2) is 42.5 Å². The van der Waals surface area contributed by atoms with Gasteiger partial charge in [0.2, 0.25) is 0 Å². The summed E-state index contributed by atoms with van der Waals surface area (Å²) >= 11 is 0. The second-order valence-electron chi connectivity index (χ2n) is 8.33. The molecule has 26 heavy (non-hydrogen) atoms. The van der Waals surface area contributed by atoms with Crippen LogP contribution in [0.4, 0.5) is 0 Å². The lowest BCUT2D eigenvalue weighted by Crippen LogP contribution is -2.34. The molecule has 2 aromatic carbocycles. The van der Waals surface area contributed by atoms with Crippen molar-refractivity contribution in [2.45, 2.75) is 50.9 Å². The molecular formula is C23H26N2O. The van der Waals surface area contributed by atoms with E-state index in [4.69, 9.17) is 9.72 Å². The van der Waals surface area contributed by atoms with Crippen LogP contribution in [-0.2, 0) is 5.41 Å². The minimum atomic E-state index is 0.248. The number of fused-ring (bicyclic) bond motifs is 3. The molecule has 0 saturated heterocycles. The zero-order valence-electron chi connectivity index (χ0n) is 15.6. The molecule has 1 spiro atoms. The maximum absolute atomic E-state index is 6.00. The topological polar surface area (TPSA) is 37.9 Å². The van der Waals surface area contributed by atoms with E-state index in [1.165, 1.54) is 36.8 Å². The van der Waals surface area contributed by atoms with Crippen LogP contribution in [0.3, 0.4) is 0 Å². The average molecular weight is 346 g/mol. The molecule has 1 fully saturated rings. The Labute approximate surface area is 154 Å². The number of ether oxygens (including phenoxy) is 1. The molecule has 0 amide bonds. The molecule has 0 radical (unpaired) electrons. The zero-order valence-corrected chi connectivity index (χ0v) is 15.6. The molecule has 134 valence electrons. The molecule has 3 aromatic rings. The summed E-state index contributed by atoms with van der Waals surface area (Å²) in [7, 11) is 0. The van der Waals surface area contributed by atoms with Gasteiger partial charge in [0.15, 0.2) is 0 Å². The second-order valence-corrected chi connectivity index (χ2v) is 8.33. The largest absolute Gasteiger partial charge is 0.492 e. The first-order valence-electron chi connectivity index (χ1n) is 9.83. The normalized spacial score (nSPS) is 26.0. The molecule has 1 atom stereocenters. The molecule has 3 heteroatoms. The van der Waals surface area contributed by atoms with E-state index >= 15 is 0 Å². The van der Waals surface area contributed by atoms with Gasteiger partial charge in [0.1, 0.15) is 11.6 Å². The number of hydrogen-bond donors (Lipinski definition) is 1. The predicted molar refractivity (Wildman–Crippen MR) is 105 cm³/mol. The maximum atomic E-state index is 6.00. The van der Waals surface area contributed by atoms with Crippen LogP contribution in [0.25, 0.3) is 11.0 Å². The average Bonchev–Trinajstić information content (AvgIpc) is 3.24. The van der Waals surface area contributed by atoms with Crippen LogP contribution in [0.2, 0.25) is 0 Å². The molecule has 3 nitrogen and oxygen atoms in total. The Morgan fingerprint density at radius 3 is 2.81 bits per heavy atom. The van der Waals surface area contributed by atoms with Gasteiger partial charge in [-0.05, 0) is 62.3 Å². The van der Waals surface area contributed by atoms with Crippen molar-refractivity contribution in [2.24, 2.45) is 5.92 Å². The number of benzene rings is 2. The Hall–Kier alpha value is -2.29. The fraction of sp³-hybridized carbons (Fsp3) is 0.435. The van der Waals surface area contributed by atoms with E-state index in [0.717, 1.165) is 29.2 Å². The van der Waals surface area contributed by atoms with Gasteiger partial charge in [-0.1, -0.05) is 31.2 Å². The summed E-state index contributed by atoms with van der Waals surface area (Å²) in [5, 5.41) is 0. The van der Waals surface area contributed by atoms with Crippen molar-refractivity contribution in [1.82, 2.24) is 9.97 Å². The molecule has 0 bridgehead atoms. The number of aryl methyl sites for hydroxylation is 1. The van der Waals surface area contributed by atoms with Crippen LogP contribution < -0.4 is 4.74 Å². The van der Waals surface area contributed by atoms with Gasteiger partial charge in [-0.2, -0.15) is 0 Å². The summed E-state index contributed by atoms with van der Waals surface area (Å²) in [5.41, 5.74) is 5.21. The standard InChI is InChI=1S/C23H26N2O/c1-15-7-8-19-20(13-15)25-22(24-19)16(2)17-9-11-23(12-10-17)14-26-21-6-4-3-5-18(21)23/h3-8,13,16-17H,9-12,14H2,1-2H3,(H,24,25). The van der Waals surface area contributed by atoms with Gasteiger partial charge in [0, 0.05) is 16.9 Å². The number of rotatable bonds is 2. The smallest absolute Gasteiger partial charge is 0.123 e. The van der Waals surface area contributed by atoms with Gasteiger partial charge in [-0.3, -0.25) is 0 Å². The molecule has 1 aliphatic carbocycles. The minimum absolute atomic E-state index is 0.248. The van der Waals surface area contributed by atoms with Crippen molar-refractivity contribution in [3.05, 3.63) is 59.4 Å². The fourth-order valence-electron chi connectivity index (χ4n) is 5.01. The van der Waals surface area contributed by atoms with E-state index in [2.05, 4.69) is 61.3 Å². The molecule has 2 aliphatic rings. The van der Waals surface area contributed by atoms with E-state index < -0.39 is 0 Å². The van der Waals surface area contributed by atoms with Crippen molar-refractivity contribution >= 4 is 11.0 Å². The summed E-state index contributed by atoms with van der Waals surface area (Å²) in [6, 6.07) is 15.1. The Balaban J connectivity index is 1.35.